The molecule has 1 aliphatic heterocycles. The number of hydrogen-bond donors (Lipinski definition) is 1. The first-order valence-electron chi connectivity index (χ1n) is 8.11. The fourth-order valence-electron chi connectivity index (χ4n) is 2.88. The van der Waals surface area contributed by atoms with Crippen LogP contribution in [0.1, 0.15) is 19.8 Å². The van der Waals surface area contributed by atoms with Crippen LogP contribution in [0.25, 0.3) is 11.4 Å². The number of halogens is 1. The number of nitrogens with zero attached hydrogens (tertiary/aromatic N) is 5. The molecule has 8 heteroatoms. The molecule has 1 saturated heterocycles. The molecule has 1 atom stereocenters. The lowest BCUT2D eigenvalue weighted by molar-refractivity contribution is -0.134. The Labute approximate surface area is 147 Å². The molecule has 2 heterocycles. The molecular formula is C16H23ClN6O. The minimum Gasteiger partial charge on any atom is -0.337 e. The average Bonchev–Trinajstić information content (AvgIpc) is 3.25. The van der Waals surface area contributed by atoms with E-state index in [1.54, 1.807) is 0 Å². The van der Waals surface area contributed by atoms with Gasteiger partial charge >= 0.3 is 0 Å². The molecule has 0 radical (unpaired) electrons. The van der Waals surface area contributed by atoms with E-state index < -0.39 is 0 Å². The van der Waals surface area contributed by atoms with Crippen LogP contribution in [0, 0.1) is 0 Å². The molecular weight excluding hydrogens is 328 g/mol. The van der Waals surface area contributed by atoms with E-state index in [-0.39, 0.29) is 30.9 Å². The summed E-state index contributed by atoms with van der Waals surface area (Å²) in [6.45, 7) is 4.83. The maximum Gasteiger partial charge on any atom is 0.246 e. The second kappa shape index (κ2) is 8.75. The minimum atomic E-state index is 0. The lowest BCUT2D eigenvalue weighted by Gasteiger charge is -2.27. The van der Waals surface area contributed by atoms with Gasteiger partial charge in [-0.2, -0.15) is 4.80 Å². The molecule has 0 saturated carbocycles. The number of hydrogen-bond acceptors (Lipinski definition) is 5. The van der Waals surface area contributed by atoms with Crippen molar-refractivity contribution in [2.24, 2.45) is 0 Å². The maximum atomic E-state index is 12.6. The Balaban J connectivity index is 0.00000208. The van der Waals surface area contributed by atoms with Crippen LogP contribution in [-0.4, -0.2) is 56.7 Å². The van der Waals surface area contributed by atoms with Crippen molar-refractivity contribution >= 4 is 18.3 Å². The third-order valence-electron chi connectivity index (χ3n) is 4.02. The Morgan fingerprint density at radius 2 is 2.17 bits per heavy atom. The molecule has 1 aromatic carbocycles. The molecule has 0 aliphatic carbocycles. The SMILES string of the molecule is CCCN(C(=O)Cn1nnc(-c2ccccc2)n1)C1CCNC1.Cl. The van der Waals surface area contributed by atoms with Crippen LogP contribution in [0.3, 0.4) is 0 Å². The molecule has 1 N–H and O–H groups in total. The molecule has 0 bridgehead atoms. The van der Waals surface area contributed by atoms with Gasteiger partial charge in [-0.3, -0.25) is 4.79 Å². The largest absolute Gasteiger partial charge is 0.337 e. The predicted octanol–water partition coefficient (Wildman–Crippen LogP) is 1.36. The smallest absolute Gasteiger partial charge is 0.246 e. The minimum absolute atomic E-state index is 0. The van der Waals surface area contributed by atoms with Crippen molar-refractivity contribution < 1.29 is 4.79 Å². The summed E-state index contributed by atoms with van der Waals surface area (Å²) < 4.78 is 0. The number of benzene rings is 1. The van der Waals surface area contributed by atoms with Gasteiger partial charge in [-0.25, -0.2) is 0 Å². The summed E-state index contributed by atoms with van der Waals surface area (Å²) in [5, 5.41) is 15.7. The van der Waals surface area contributed by atoms with Gasteiger partial charge in [0.1, 0.15) is 6.54 Å². The number of carbonyl (C=O) groups is 1. The highest BCUT2D eigenvalue weighted by Gasteiger charge is 2.26. The Hall–Kier alpha value is -1.99. The zero-order chi connectivity index (χ0) is 16.1. The molecule has 1 amide bonds. The second-order valence-corrected chi connectivity index (χ2v) is 5.74. The molecule has 130 valence electrons. The van der Waals surface area contributed by atoms with Crippen LogP contribution in [0.2, 0.25) is 0 Å². The van der Waals surface area contributed by atoms with Crippen molar-refractivity contribution in [3.8, 4) is 11.4 Å². The summed E-state index contributed by atoms with van der Waals surface area (Å²) in [6, 6.07) is 9.93. The predicted molar refractivity (Wildman–Crippen MR) is 93.8 cm³/mol. The number of aromatic nitrogens is 4. The van der Waals surface area contributed by atoms with Crippen molar-refractivity contribution in [3.63, 3.8) is 0 Å². The van der Waals surface area contributed by atoms with Gasteiger partial charge < -0.3 is 10.2 Å². The van der Waals surface area contributed by atoms with E-state index in [1.165, 1.54) is 4.80 Å². The van der Waals surface area contributed by atoms with Gasteiger partial charge in [0.15, 0.2) is 0 Å². The summed E-state index contributed by atoms with van der Waals surface area (Å²) >= 11 is 0. The topological polar surface area (TPSA) is 75.9 Å². The fourth-order valence-corrected chi connectivity index (χ4v) is 2.88. The zero-order valence-corrected chi connectivity index (χ0v) is 14.6. The van der Waals surface area contributed by atoms with Gasteiger partial charge in [0, 0.05) is 24.7 Å². The summed E-state index contributed by atoms with van der Waals surface area (Å²) in [6.07, 6.45) is 1.95. The van der Waals surface area contributed by atoms with E-state index in [4.69, 9.17) is 0 Å². The molecule has 1 aromatic heterocycles. The van der Waals surface area contributed by atoms with Crippen molar-refractivity contribution in [2.45, 2.75) is 32.4 Å². The highest BCUT2D eigenvalue weighted by molar-refractivity contribution is 5.85. The van der Waals surface area contributed by atoms with E-state index >= 15 is 0 Å². The van der Waals surface area contributed by atoms with E-state index in [0.717, 1.165) is 38.0 Å². The van der Waals surface area contributed by atoms with Crippen LogP contribution in [0.4, 0.5) is 0 Å². The van der Waals surface area contributed by atoms with E-state index in [2.05, 4.69) is 27.7 Å². The van der Waals surface area contributed by atoms with Crippen molar-refractivity contribution in [1.29, 1.82) is 0 Å². The first kappa shape index (κ1) is 18.4. The molecule has 0 spiro atoms. The van der Waals surface area contributed by atoms with Crippen molar-refractivity contribution in [2.75, 3.05) is 19.6 Å². The first-order chi connectivity index (χ1) is 11.3. The van der Waals surface area contributed by atoms with Crippen molar-refractivity contribution in [1.82, 2.24) is 30.4 Å². The molecule has 2 aromatic rings. The monoisotopic (exact) mass is 350 g/mol. The van der Waals surface area contributed by atoms with Gasteiger partial charge in [-0.15, -0.1) is 22.6 Å². The Bertz CT molecular complexity index is 641. The van der Waals surface area contributed by atoms with E-state index in [0.29, 0.717) is 5.82 Å². The van der Waals surface area contributed by atoms with Crippen LogP contribution in [0.5, 0.6) is 0 Å². The summed E-state index contributed by atoms with van der Waals surface area (Å²) in [5.41, 5.74) is 0.900. The zero-order valence-electron chi connectivity index (χ0n) is 13.8. The lowest BCUT2D eigenvalue weighted by atomic mass is 10.2. The summed E-state index contributed by atoms with van der Waals surface area (Å²) in [7, 11) is 0. The lowest BCUT2D eigenvalue weighted by Crippen LogP contribution is -2.43. The Morgan fingerprint density at radius 1 is 1.38 bits per heavy atom. The normalized spacial score (nSPS) is 16.6. The number of tetrazole rings is 1. The molecule has 1 unspecified atom stereocenters. The van der Waals surface area contributed by atoms with Gasteiger partial charge in [0.25, 0.3) is 0 Å². The van der Waals surface area contributed by atoms with Gasteiger partial charge in [0.2, 0.25) is 11.7 Å². The number of amides is 1. The third kappa shape index (κ3) is 4.30. The molecule has 3 rings (SSSR count). The first-order valence-corrected chi connectivity index (χ1v) is 8.11. The van der Waals surface area contributed by atoms with Crippen molar-refractivity contribution in [3.05, 3.63) is 30.3 Å². The summed E-state index contributed by atoms with van der Waals surface area (Å²) in [4.78, 5) is 15.9. The van der Waals surface area contributed by atoms with Gasteiger partial charge in [0.05, 0.1) is 0 Å². The van der Waals surface area contributed by atoms with Gasteiger partial charge in [-0.05, 0) is 24.6 Å². The second-order valence-electron chi connectivity index (χ2n) is 5.74. The third-order valence-corrected chi connectivity index (χ3v) is 4.02. The fraction of sp³-hybridized carbons (Fsp3) is 0.500. The van der Waals surface area contributed by atoms with E-state index in [9.17, 15) is 4.79 Å². The van der Waals surface area contributed by atoms with Crippen LogP contribution in [-0.2, 0) is 11.3 Å². The van der Waals surface area contributed by atoms with Gasteiger partial charge in [-0.1, -0.05) is 37.3 Å². The quantitative estimate of drug-likeness (QED) is 0.851. The Kier molecular flexibility index (Phi) is 6.69. The molecule has 7 nitrogen and oxygen atoms in total. The number of carbonyl (C=O) groups excluding carboxylic acids is 1. The molecule has 24 heavy (non-hydrogen) atoms. The standard InChI is InChI=1S/C16H22N6O.ClH/c1-2-10-21(14-8-9-17-11-14)15(23)12-22-19-16(18-20-22)13-6-4-3-5-7-13;/h3-7,14,17H,2,8-12H2,1H3;1H. The number of rotatable bonds is 6. The average molecular weight is 351 g/mol. The number of nitrogens with one attached hydrogen (secondary N) is 1. The molecule has 1 fully saturated rings. The maximum absolute atomic E-state index is 12.6. The Morgan fingerprint density at radius 3 is 2.83 bits per heavy atom. The van der Waals surface area contributed by atoms with Crippen LogP contribution < -0.4 is 5.32 Å². The van der Waals surface area contributed by atoms with E-state index in [1.807, 2.05) is 35.2 Å². The van der Waals surface area contributed by atoms with Crippen LogP contribution in [0.15, 0.2) is 30.3 Å². The van der Waals surface area contributed by atoms with Crippen LogP contribution >= 0.6 is 12.4 Å². The summed E-state index contributed by atoms with van der Waals surface area (Å²) in [5.74, 6) is 0.598. The highest BCUT2D eigenvalue weighted by atomic mass is 35.5. The molecule has 1 aliphatic rings. The highest BCUT2D eigenvalue weighted by Crippen LogP contribution is 2.13.